The summed E-state index contributed by atoms with van der Waals surface area (Å²) in [5, 5.41) is 20.0. The third-order valence-electron chi connectivity index (χ3n) is 3.29. The fourth-order valence-electron chi connectivity index (χ4n) is 2.25. The van der Waals surface area contributed by atoms with Crippen LogP contribution in [0.15, 0.2) is 45.6 Å². The van der Waals surface area contributed by atoms with Crippen LogP contribution in [0.1, 0.15) is 5.56 Å². The molecule has 0 fully saturated rings. The summed E-state index contributed by atoms with van der Waals surface area (Å²) in [4.78, 5) is 12.4. The Hall–Kier alpha value is -2.46. The molecule has 0 unspecified atom stereocenters. The van der Waals surface area contributed by atoms with Gasteiger partial charge in [-0.05, 0) is 31.2 Å². The topological polar surface area (TPSA) is 70.7 Å². The van der Waals surface area contributed by atoms with Crippen LogP contribution in [0.2, 0.25) is 5.02 Å². The van der Waals surface area contributed by atoms with Gasteiger partial charge in [0.25, 0.3) is 0 Å². The number of benzene rings is 2. The maximum Gasteiger partial charge on any atom is 0.199 e. The monoisotopic (exact) mass is 302 g/mol. The van der Waals surface area contributed by atoms with E-state index in [1.54, 1.807) is 31.2 Å². The number of phenolic OH excluding ortho intramolecular Hbond substituents is 2. The lowest BCUT2D eigenvalue weighted by atomic mass is 10.1. The van der Waals surface area contributed by atoms with Crippen LogP contribution < -0.4 is 5.43 Å². The van der Waals surface area contributed by atoms with Gasteiger partial charge in [-0.3, -0.25) is 4.79 Å². The highest BCUT2D eigenvalue weighted by Crippen LogP contribution is 2.32. The number of hydrogen-bond acceptors (Lipinski definition) is 4. The number of fused-ring (bicyclic) bond motifs is 1. The van der Waals surface area contributed by atoms with E-state index in [2.05, 4.69) is 0 Å². The predicted octanol–water partition coefficient (Wildman–Crippen LogP) is 3.83. The third-order valence-corrected chi connectivity index (χ3v) is 3.54. The SMILES string of the molecule is Cc1c(-c2ccc(Cl)cc2)oc2cc(O)cc(O)c2c1=O. The Balaban J connectivity index is 2.37. The Bertz CT molecular complexity index is 895. The molecule has 0 aliphatic carbocycles. The van der Waals surface area contributed by atoms with Crippen LogP contribution in [-0.4, -0.2) is 10.2 Å². The molecule has 0 atom stereocenters. The summed E-state index contributed by atoms with van der Waals surface area (Å²) in [6.45, 7) is 1.63. The molecule has 106 valence electrons. The Morgan fingerprint density at radius 1 is 1.10 bits per heavy atom. The van der Waals surface area contributed by atoms with Gasteiger partial charge in [0.15, 0.2) is 5.43 Å². The van der Waals surface area contributed by atoms with Crippen LogP contribution in [0, 0.1) is 6.92 Å². The molecule has 1 heterocycles. The smallest absolute Gasteiger partial charge is 0.199 e. The summed E-state index contributed by atoms with van der Waals surface area (Å²) in [5.74, 6) is -0.0901. The van der Waals surface area contributed by atoms with E-state index in [-0.39, 0.29) is 27.9 Å². The van der Waals surface area contributed by atoms with Crippen LogP contribution in [0.3, 0.4) is 0 Å². The zero-order valence-electron chi connectivity index (χ0n) is 11.1. The lowest BCUT2D eigenvalue weighted by Gasteiger charge is -2.08. The number of halogens is 1. The highest BCUT2D eigenvalue weighted by molar-refractivity contribution is 6.30. The quantitative estimate of drug-likeness (QED) is 0.716. The van der Waals surface area contributed by atoms with Crippen molar-refractivity contribution >= 4 is 22.6 Å². The molecule has 21 heavy (non-hydrogen) atoms. The van der Waals surface area contributed by atoms with Crippen molar-refractivity contribution in [2.75, 3.05) is 0 Å². The molecule has 1 aromatic heterocycles. The molecule has 4 nitrogen and oxygen atoms in total. The molecule has 0 saturated carbocycles. The summed E-state index contributed by atoms with van der Waals surface area (Å²) in [6.07, 6.45) is 0. The van der Waals surface area contributed by atoms with Crippen LogP contribution in [0.4, 0.5) is 0 Å². The van der Waals surface area contributed by atoms with E-state index in [0.29, 0.717) is 21.9 Å². The van der Waals surface area contributed by atoms with Crippen molar-refractivity contribution in [3.8, 4) is 22.8 Å². The average molecular weight is 303 g/mol. The molecular weight excluding hydrogens is 292 g/mol. The van der Waals surface area contributed by atoms with Crippen LogP contribution >= 0.6 is 11.6 Å². The van der Waals surface area contributed by atoms with Gasteiger partial charge in [-0.2, -0.15) is 0 Å². The van der Waals surface area contributed by atoms with Gasteiger partial charge in [0.2, 0.25) is 0 Å². The fourth-order valence-corrected chi connectivity index (χ4v) is 2.38. The summed E-state index contributed by atoms with van der Waals surface area (Å²) >= 11 is 5.85. The van der Waals surface area contributed by atoms with Crippen molar-refractivity contribution in [2.45, 2.75) is 6.92 Å². The van der Waals surface area contributed by atoms with Crippen molar-refractivity contribution in [1.82, 2.24) is 0 Å². The van der Waals surface area contributed by atoms with Crippen molar-refractivity contribution in [1.29, 1.82) is 0 Å². The minimum Gasteiger partial charge on any atom is -0.508 e. The van der Waals surface area contributed by atoms with Crippen LogP contribution in [-0.2, 0) is 0 Å². The van der Waals surface area contributed by atoms with E-state index in [9.17, 15) is 15.0 Å². The van der Waals surface area contributed by atoms with E-state index in [4.69, 9.17) is 16.0 Å². The third kappa shape index (κ3) is 2.23. The summed E-state index contributed by atoms with van der Waals surface area (Å²) < 4.78 is 5.70. The van der Waals surface area contributed by atoms with Gasteiger partial charge in [-0.1, -0.05) is 11.6 Å². The predicted molar refractivity (Wildman–Crippen MR) is 81.0 cm³/mol. The second-order valence-corrected chi connectivity index (χ2v) is 5.17. The minimum absolute atomic E-state index is 0.0583. The van der Waals surface area contributed by atoms with E-state index in [1.807, 2.05) is 0 Å². The number of hydrogen-bond donors (Lipinski definition) is 2. The average Bonchev–Trinajstić information content (AvgIpc) is 2.43. The first-order valence-electron chi connectivity index (χ1n) is 6.22. The van der Waals surface area contributed by atoms with Gasteiger partial charge >= 0.3 is 0 Å². The van der Waals surface area contributed by atoms with E-state index < -0.39 is 0 Å². The summed E-state index contributed by atoms with van der Waals surface area (Å²) in [6, 6.07) is 9.28. The minimum atomic E-state index is -0.335. The van der Waals surface area contributed by atoms with Crippen molar-refractivity contribution in [3.05, 3.63) is 57.2 Å². The second kappa shape index (κ2) is 4.82. The maximum absolute atomic E-state index is 12.4. The van der Waals surface area contributed by atoms with Crippen LogP contribution in [0.5, 0.6) is 11.5 Å². The van der Waals surface area contributed by atoms with Crippen molar-refractivity contribution in [2.24, 2.45) is 0 Å². The van der Waals surface area contributed by atoms with Crippen molar-refractivity contribution < 1.29 is 14.6 Å². The highest BCUT2D eigenvalue weighted by atomic mass is 35.5. The van der Waals surface area contributed by atoms with Crippen LogP contribution in [0.25, 0.3) is 22.3 Å². The Morgan fingerprint density at radius 3 is 2.43 bits per heavy atom. The summed E-state index contributed by atoms with van der Waals surface area (Å²) in [5.41, 5.74) is 0.872. The maximum atomic E-state index is 12.4. The molecule has 0 saturated heterocycles. The summed E-state index contributed by atoms with van der Waals surface area (Å²) in [7, 11) is 0. The number of aromatic hydroxyl groups is 2. The molecule has 3 rings (SSSR count). The van der Waals surface area contributed by atoms with E-state index in [1.165, 1.54) is 6.07 Å². The van der Waals surface area contributed by atoms with Gasteiger partial charge in [0, 0.05) is 28.3 Å². The molecule has 5 heteroatoms. The standard InChI is InChI=1S/C16H11ClO4/c1-8-15(20)14-12(19)6-11(18)7-13(14)21-16(8)9-2-4-10(17)5-3-9/h2-7,18-19H,1H3. The zero-order chi connectivity index (χ0) is 15.1. The normalized spacial score (nSPS) is 11.0. The molecule has 0 radical (unpaired) electrons. The molecule has 3 aromatic rings. The first kappa shape index (κ1) is 13.5. The zero-order valence-corrected chi connectivity index (χ0v) is 11.8. The Morgan fingerprint density at radius 2 is 1.76 bits per heavy atom. The lowest BCUT2D eigenvalue weighted by molar-refractivity contribution is 0.452. The molecule has 2 N–H and O–H groups in total. The molecule has 0 spiro atoms. The molecule has 2 aromatic carbocycles. The fraction of sp³-hybridized carbons (Fsp3) is 0.0625. The first-order valence-corrected chi connectivity index (χ1v) is 6.60. The highest BCUT2D eigenvalue weighted by Gasteiger charge is 2.16. The van der Waals surface area contributed by atoms with Gasteiger partial charge in [0.05, 0.1) is 0 Å². The molecule has 0 aliphatic heterocycles. The molecule has 0 aliphatic rings. The number of rotatable bonds is 1. The number of phenols is 2. The Labute approximate surface area is 124 Å². The molecular formula is C16H11ClO4. The largest absolute Gasteiger partial charge is 0.508 e. The molecule has 0 amide bonds. The van der Waals surface area contributed by atoms with Gasteiger partial charge < -0.3 is 14.6 Å². The van der Waals surface area contributed by atoms with Gasteiger partial charge in [-0.25, -0.2) is 0 Å². The van der Waals surface area contributed by atoms with Gasteiger partial charge in [-0.15, -0.1) is 0 Å². The molecule has 0 bridgehead atoms. The van der Waals surface area contributed by atoms with E-state index >= 15 is 0 Å². The second-order valence-electron chi connectivity index (χ2n) is 4.73. The lowest BCUT2D eigenvalue weighted by Crippen LogP contribution is -2.07. The van der Waals surface area contributed by atoms with E-state index in [0.717, 1.165) is 6.07 Å². The Kier molecular flexibility index (Phi) is 3.11. The van der Waals surface area contributed by atoms with Crippen molar-refractivity contribution in [3.63, 3.8) is 0 Å². The van der Waals surface area contributed by atoms with Gasteiger partial charge in [0.1, 0.15) is 28.2 Å². The first-order chi connectivity index (χ1) is 9.97.